The van der Waals surface area contributed by atoms with Gasteiger partial charge in [0.25, 0.3) is 17.9 Å². The van der Waals surface area contributed by atoms with Crippen LogP contribution in [0, 0.1) is 0 Å². The Kier molecular flexibility index (Phi) is 15.8. The van der Waals surface area contributed by atoms with Crippen LogP contribution in [0.15, 0.2) is 47.3 Å². The summed E-state index contributed by atoms with van der Waals surface area (Å²) in [5.74, 6) is -2.64. The van der Waals surface area contributed by atoms with Crippen molar-refractivity contribution in [1.29, 1.82) is 0 Å². The number of carbonyl (C=O) groups is 5. The van der Waals surface area contributed by atoms with Crippen LogP contribution in [-0.2, 0) is 61.7 Å². The molecule has 2 unspecified atom stereocenters. The highest BCUT2D eigenvalue weighted by molar-refractivity contribution is 7.80. The number of nitrogens with one attached hydrogen (secondary N) is 3. The summed E-state index contributed by atoms with van der Waals surface area (Å²) in [6.45, 7) is 18.6. The first-order valence-electron chi connectivity index (χ1n) is 19.9. The summed E-state index contributed by atoms with van der Waals surface area (Å²) < 4.78 is 62.2. The van der Waals surface area contributed by atoms with Gasteiger partial charge in [-0.15, -0.1) is 15.6 Å². The van der Waals surface area contributed by atoms with Crippen molar-refractivity contribution in [3.63, 3.8) is 0 Å². The third-order valence-corrected chi connectivity index (χ3v) is 9.53. The number of nitrogens with zero attached hydrogens (tertiary/aromatic N) is 5. The number of carbonyl (C=O) groups excluding carboxylic acids is 5. The van der Waals surface area contributed by atoms with Gasteiger partial charge < -0.3 is 34.4 Å². The minimum Gasteiger partial charge on any atom is -0.489 e. The standard InChI is InChI=1S/C40H56N8O14S2/c1-37(2,3)58-33(51)28(21-57-25-16-14-24(15-17-25)27-20-47(23-46(27)12)19-13-18-41-35(52)59-38(4,5)6)61-45-29(26-22-63-34(42-26)44-36(53)60-39(7,8)9)31(49)43-30-32(50)48(40(30,10)11)62-64(54,55)56/h14-17,20,22-23,28,30H,13,18-19,21H2,1-12H3,(H3-,41,42,43,44,49,52,53,54,55,56)/p+1/b45-29-. The molecule has 0 aliphatic carbocycles. The average molecular weight is 938 g/mol. The predicted octanol–water partition coefficient (Wildman–Crippen LogP) is 4.05. The van der Waals surface area contributed by atoms with Crippen LogP contribution in [0.3, 0.4) is 0 Å². The third-order valence-electron chi connectivity index (χ3n) is 8.43. The fourth-order valence-corrected chi connectivity index (χ4v) is 6.84. The van der Waals surface area contributed by atoms with E-state index in [4.69, 9.17) is 28.3 Å². The van der Waals surface area contributed by atoms with Crippen molar-refractivity contribution in [3.8, 4) is 17.0 Å². The maximum absolute atomic E-state index is 13.9. The highest BCUT2D eigenvalue weighted by Crippen LogP contribution is 2.33. The molecule has 1 saturated heterocycles. The summed E-state index contributed by atoms with van der Waals surface area (Å²) in [4.78, 5) is 74.6. The van der Waals surface area contributed by atoms with Crippen molar-refractivity contribution in [2.75, 3.05) is 18.5 Å². The quantitative estimate of drug-likeness (QED) is 0.0217. The molecule has 3 aromatic rings. The monoisotopic (exact) mass is 937 g/mol. The van der Waals surface area contributed by atoms with E-state index in [-0.39, 0.29) is 10.8 Å². The molecule has 0 spiro atoms. The number of amides is 4. The zero-order valence-corrected chi connectivity index (χ0v) is 39.5. The Morgan fingerprint density at radius 3 is 2.16 bits per heavy atom. The van der Waals surface area contributed by atoms with Crippen molar-refractivity contribution in [1.82, 2.24) is 25.2 Å². The molecule has 2 atom stereocenters. The molecular weight excluding hydrogens is 881 g/mol. The first-order chi connectivity index (χ1) is 29.4. The van der Waals surface area contributed by atoms with Crippen molar-refractivity contribution < 1.29 is 69.6 Å². The Morgan fingerprint density at radius 2 is 1.58 bits per heavy atom. The Labute approximate surface area is 375 Å². The van der Waals surface area contributed by atoms with Gasteiger partial charge in [0.2, 0.25) is 6.33 Å². The van der Waals surface area contributed by atoms with Crippen molar-refractivity contribution >= 4 is 62.5 Å². The second-order valence-corrected chi connectivity index (χ2v) is 19.9. The SMILES string of the molecule is C[n+]1cn(CCCNC(=O)OC(C)(C)C)cc1-c1ccc(OCC(O/N=C(\C(=O)NC2C(=O)N(OS(=O)(=O)O)C2(C)C)c2csc(NC(=O)OC(C)(C)C)n2)C(=O)OC(C)(C)C)cc1. The van der Waals surface area contributed by atoms with Crippen molar-refractivity contribution in [2.24, 2.45) is 12.2 Å². The Morgan fingerprint density at radius 1 is 0.969 bits per heavy atom. The van der Waals surface area contributed by atoms with E-state index in [9.17, 15) is 32.4 Å². The fourth-order valence-electron chi connectivity index (χ4n) is 5.71. The lowest BCUT2D eigenvalue weighted by Gasteiger charge is -2.50. The lowest BCUT2D eigenvalue weighted by atomic mass is 9.84. The normalized spacial score (nSPS) is 16.0. The summed E-state index contributed by atoms with van der Waals surface area (Å²) in [7, 11) is -3.19. The maximum atomic E-state index is 13.9. The van der Waals surface area contributed by atoms with E-state index in [0.717, 1.165) is 22.6 Å². The predicted molar refractivity (Wildman–Crippen MR) is 230 cm³/mol. The molecule has 0 saturated carbocycles. The van der Waals surface area contributed by atoms with E-state index < -0.39 is 87.2 Å². The Bertz CT molecular complexity index is 2320. The number of imidazole rings is 1. The van der Waals surface area contributed by atoms with Crippen molar-refractivity contribution in [2.45, 2.75) is 124 Å². The fraction of sp³-hybridized carbons (Fsp3) is 0.550. The van der Waals surface area contributed by atoms with E-state index >= 15 is 0 Å². The van der Waals surface area contributed by atoms with Crippen LogP contribution >= 0.6 is 11.3 Å². The van der Waals surface area contributed by atoms with Gasteiger partial charge in [-0.3, -0.25) is 19.5 Å². The van der Waals surface area contributed by atoms with Gasteiger partial charge in [0.1, 0.15) is 47.1 Å². The molecule has 4 amide bonds. The topological polar surface area (TPSA) is 268 Å². The van der Waals surface area contributed by atoms with Crippen LogP contribution < -0.4 is 25.3 Å². The lowest BCUT2D eigenvalue weighted by Crippen LogP contribution is -2.76. The smallest absolute Gasteiger partial charge is 0.418 e. The number of aromatic nitrogens is 3. The molecule has 352 valence electrons. The number of hydroxylamine groups is 2. The molecule has 1 aliphatic heterocycles. The molecule has 24 heteroatoms. The number of ether oxygens (including phenoxy) is 4. The summed E-state index contributed by atoms with van der Waals surface area (Å²) in [6.07, 6.45) is 1.67. The number of rotatable bonds is 17. The van der Waals surface area contributed by atoms with Crippen LogP contribution in [0.2, 0.25) is 0 Å². The first kappa shape index (κ1) is 50.8. The second kappa shape index (κ2) is 19.9. The van der Waals surface area contributed by atoms with Gasteiger partial charge in [-0.05, 0) is 100 Å². The zero-order valence-electron chi connectivity index (χ0n) is 37.8. The van der Waals surface area contributed by atoms with Crippen LogP contribution in [0.1, 0.15) is 88.3 Å². The number of aryl methyl sites for hydroxylation is 2. The number of anilines is 1. The lowest BCUT2D eigenvalue weighted by molar-refractivity contribution is -0.660. The van der Waals surface area contributed by atoms with Gasteiger partial charge in [-0.2, -0.15) is 13.5 Å². The number of oxime groups is 1. The van der Waals surface area contributed by atoms with E-state index in [1.807, 2.05) is 40.8 Å². The van der Waals surface area contributed by atoms with Gasteiger partial charge in [0.15, 0.2) is 16.5 Å². The molecule has 3 heterocycles. The Balaban J connectivity index is 1.53. The summed E-state index contributed by atoms with van der Waals surface area (Å²) in [5.41, 5.74) is -2.88. The minimum atomic E-state index is -5.08. The van der Waals surface area contributed by atoms with Crippen LogP contribution in [0.4, 0.5) is 14.7 Å². The number of hydrogen-bond acceptors (Lipinski definition) is 16. The van der Waals surface area contributed by atoms with Crippen LogP contribution in [0.25, 0.3) is 11.3 Å². The molecule has 4 rings (SSSR count). The zero-order chi connectivity index (χ0) is 48.0. The number of thiazole rings is 1. The van der Waals surface area contributed by atoms with Crippen LogP contribution in [-0.4, -0.2) is 111 Å². The number of β-lactam (4-membered cyclic amide) rings is 1. The highest BCUT2D eigenvalue weighted by Gasteiger charge is 2.58. The van der Waals surface area contributed by atoms with Crippen molar-refractivity contribution in [3.05, 3.63) is 47.9 Å². The maximum Gasteiger partial charge on any atom is 0.418 e. The molecule has 4 N–H and O–H groups in total. The van der Waals surface area contributed by atoms with Gasteiger partial charge in [-0.25, -0.2) is 28.5 Å². The molecular formula is C40H57N8O14S2+. The van der Waals surface area contributed by atoms with E-state index in [1.54, 1.807) is 74.4 Å². The largest absolute Gasteiger partial charge is 0.489 e. The average Bonchev–Trinajstić information content (AvgIpc) is 3.75. The van der Waals surface area contributed by atoms with E-state index in [1.165, 1.54) is 19.2 Å². The highest BCUT2D eigenvalue weighted by atomic mass is 32.3. The molecule has 1 aromatic carbocycles. The van der Waals surface area contributed by atoms with E-state index in [0.29, 0.717) is 30.3 Å². The number of alkyl carbamates (subject to hydrolysis) is 1. The minimum absolute atomic E-state index is 0.00856. The molecule has 0 radical (unpaired) electrons. The molecule has 1 fully saturated rings. The molecule has 2 aromatic heterocycles. The van der Waals surface area contributed by atoms with Gasteiger partial charge in [0, 0.05) is 23.9 Å². The molecule has 0 bridgehead atoms. The van der Waals surface area contributed by atoms with Gasteiger partial charge >= 0.3 is 28.6 Å². The van der Waals surface area contributed by atoms with Gasteiger partial charge in [0.05, 0.1) is 19.1 Å². The number of benzene rings is 1. The summed E-state index contributed by atoms with van der Waals surface area (Å²) in [6, 6.07) is 5.62. The summed E-state index contributed by atoms with van der Waals surface area (Å²) in [5, 5.41) is 13.3. The first-order valence-corrected chi connectivity index (χ1v) is 22.2. The summed E-state index contributed by atoms with van der Waals surface area (Å²) >= 11 is 0.893. The molecule has 1 aliphatic rings. The third kappa shape index (κ3) is 15.2. The van der Waals surface area contributed by atoms with Gasteiger partial charge in [-0.1, -0.05) is 5.16 Å². The van der Waals surface area contributed by atoms with Crippen LogP contribution in [0.5, 0.6) is 5.75 Å². The number of esters is 1. The second-order valence-electron chi connectivity index (χ2n) is 18.0. The number of hydrogen-bond donors (Lipinski definition) is 4. The molecule has 64 heavy (non-hydrogen) atoms. The van der Waals surface area contributed by atoms with E-state index in [2.05, 4.69) is 30.4 Å². The Hall–Kier alpha value is -5.85. The molecule has 22 nitrogen and oxygen atoms in total.